The van der Waals surface area contributed by atoms with Gasteiger partial charge in [-0.1, -0.05) is 36.4 Å². The van der Waals surface area contributed by atoms with Crippen molar-refractivity contribution in [3.05, 3.63) is 64.4 Å². The summed E-state index contributed by atoms with van der Waals surface area (Å²) in [5, 5.41) is 8.02. The van der Waals surface area contributed by atoms with E-state index in [1.807, 2.05) is 54.8 Å². The smallest absolute Gasteiger partial charge is 0.250 e. The third kappa shape index (κ3) is 5.13. The Balaban J connectivity index is 1.83. The maximum atomic E-state index is 11.7. The van der Waals surface area contributed by atoms with Crippen molar-refractivity contribution in [2.24, 2.45) is 0 Å². The molecule has 0 fully saturated rings. The van der Waals surface area contributed by atoms with E-state index in [9.17, 15) is 4.79 Å². The lowest BCUT2D eigenvalue weighted by Gasteiger charge is -2.16. The van der Waals surface area contributed by atoms with Crippen LogP contribution >= 0.6 is 23.6 Å². The molecular formula is C16H16N2OS2. The van der Waals surface area contributed by atoms with Gasteiger partial charge in [0.05, 0.1) is 6.04 Å². The third-order valence-electron chi connectivity index (χ3n) is 2.83. The van der Waals surface area contributed by atoms with Crippen molar-refractivity contribution in [1.82, 2.24) is 10.6 Å². The van der Waals surface area contributed by atoms with Crippen LogP contribution in [0.1, 0.15) is 23.4 Å². The molecule has 0 bridgehead atoms. The number of carbonyl (C=O) groups is 1. The molecule has 0 spiro atoms. The molecule has 2 rings (SSSR count). The van der Waals surface area contributed by atoms with Gasteiger partial charge in [-0.25, -0.2) is 0 Å². The van der Waals surface area contributed by atoms with Crippen LogP contribution in [0.4, 0.5) is 0 Å². The van der Waals surface area contributed by atoms with E-state index in [1.54, 1.807) is 17.4 Å². The highest BCUT2D eigenvalue weighted by Crippen LogP contribution is 2.11. The fourth-order valence-corrected chi connectivity index (χ4v) is 2.65. The molecule has 1 aromatic heterocycles. The Labute approximate surface area is 133 Å². The van der Waals surface area contributed by atoms with Crippen LogP contribution in [0.15, 0.2) is 53.9 Å². The predicted molar refractivity (Wildman–Crippen MR) is 92.1 cm³/mol. The number of thiophene rings is 1. The van der Waals surface area contributed by atoms with Crippen molar-refractivity contribution < 1.29 is 4.79 Å². The summed E-state index contributed by atoms with van der Waals surface area (Å²) in [5.74, 6) is -0.235. The topological polar surface area (TPSA) is 41.1 Å². The first-order chi connectivity index (χ1) is 10.1. The molecule has 1 amide bonds. The van der Waals surface area contributed by atoms with Gasteiger partial charge in [0.25, 0.3) is 0 Å². The normalized spacial score (nSPS) is 12.0. The van der Waals surface area contributed by atoms with E-state index in [1.165, 1.54) is 6.08 Å². The zero-order valence-corrected chi connectivity index (χ0v) is 13.2. The van der Waals surface area contributed by atoms with E-state index < -0.39 is 0 Å². The molecule has 1 unspecified atom stereocenters. The number of hydrogen-bond donors (Lipinski definition) is 2. The molecule has 1 aromatic carbocycles. The molecule has 1 atom stereocenters. The zero-order chi connectivity index (χ0) is 15.1. The average Bonchev–Trinajstić information content (AvgIpc) is 2.99. The molecule has 21 heavy (non-hydrogen) atoms. The summed E-state index contributed by atoms with van der Waals surface area (Å²) in [7, 11) is 0. The summed E-state index contributed by atoms with van der Waals surface area (Å²) in [6.45, 7) is 2.00. The van der Waals surface area contributed by atoms with Gasteiger partial charge in [-0.3, -0.25) is 10.1 Å². The quantitative estimate of drug-likeness (QED) is 0.670. The van der Waals surface area contributed by atoms with Gasteiger partial charge in [-0.05, 0) is 42.2 Å². The monoisotopic (exact) mass is 316 g/mol. The molecule has 1 heterocycles. The SMILES string of the molecule is CC(NC(=S)NC(=O)C=Cc1cccs1)c1ccccc1. The van der Waals surface area contributed by atoms with Gasteiger partial charge in [0.1, 0.15) is 0 Å². The van der Waals surface area contributed by atoms with Gasteiger partial charge in [0.15, 0.2) is 5.11 Å². The number of nitrogens with one attached hydrogen (secondary N) is 2. The first kappa shape index (κ1) is 15.4. The van der Waals surface area contributed by atoms with Crippen molar-refractivity contribution in [2.75, 3.05) is 0 Å². The standard InChI is InChI=1S/C16H16N2OS2/c1-12(13-6-3-2-4-7-13)17-16(20)18-15(19)10-9-14-8-5-11-21-14/h2-12H,1H3,(H2,17,18,19,20). The van der Waals surface area contributed by atoms with Crippen molar-refractivity contribution in [2.45, 2.75) is 13.0 Å². The minimum absolute atomic E-state index is 0.0419. The number of rotatable bonds is 4. The highest BCUT2D eigenvalue weighted by Gasteiger charge is 2.07. The minimum atomic E-state index is -0.235. The Hall–Kier alpha value is -1.98. The summed E-state index contributed by atoms with van der Waals surface area (Å²) >= 11 is 6.72. The largest absolute Gasteiger partial charge is 0.356 e. The summed E-state index contributed by atoms with van der Waals surface area (Å²) in [6, 6.07) is 13.9. The molecule has 0 radical (unpaired) electrons. The van der Waals surface area contributed by atoms with Gasteiger partial charge in [-0.2, -0.15) is 0 Å². The Morgan fingerprint density at radius 3 is 2.67 bits per heavy atom. The molecule has 0 aliphatic heterocycles. The maximum absolute atomic E-state index is 11.7. The first-order valence-electron chi connectivity index (χ1n) is 6.53. The number of hydrogen-bond acceptors (Lipinski definition) is 3. The lowest BCUT2D eigenvalue weighted by Crippen LogP contribution is -2.39. The fourth-order valence-electron chi connectivity index (χ4n) is 1.76. The van der Waals surface area contributed by atoms with Crippen LogP contribution in [0, 0.1) is 0 Å². The van der Waals surface area contributed by atoms with Crippen molar-refractivity contribution in [1.29, 1.82) is 0 Å². The van der Waals surface area contributed by atoms with Crippen LogP contribution in [-0.2, 0) is 4.79 Å². The molecule has 0 saturated carbocycles. The third-order valence-corrected chi connectivity index (χ3v) is 3.88. The van der Waals surface area contributed by atoms with Crippen molar-refractivity contribution >= 4 is 40.7 Å². The maximum Gasteiger partial charge on any atom is 0.250 e. The predicted octanol–water partition coefficient (Wildman–Crippen LogP) is 3.51. The number of benzene rings is 1. The zero-order valence-electron chi connectivity index (χ0n) is 11.6. The van der Waals surface area contributed by atoms with Gasteiger partial charge in [-0.15, -0.1) is 11.3 Å². The Morgan fingerprint density at radius 2 is 2.00 bits per heavy atom. The van der Waals surface area contributed by atoms with Gasteiger partial charge in [0, 0.05) is 11.0 Å². The number of amides is 1. The number of carbonyl (C=O) groups excluding carboxylic acids is 1. The van der Waals surface area contributed by atoms with Crippen LogP contribution in [0.2, 0.25) is 0 Å². The highest BCUT2D eigenvalue weighted by atomic mass is 32.1. The van der Waals surface area contributed by atoms with E-state index in [0.29, 0.717) is 5.11 Å². The van der Waals surface area contributed by atoms with E-state index in [4.69, 9.17) is 12.2 Å². The van der Waals surface area contributed by atoms with Gasteiger partial charge in [0.2, 0.25) is 5.91 Å². The van der Waals surface area contributed by atoms with E-state index in [2.05, 4.69) is 10.6 Å². The average molecular weight is 316 g/mol. The summed E-state index contributed by atoms with van der Waals surface area (Å²) in [6.07, 6.45) is 3.25. The van der Waals surface area contributed by atoms with E-state index in [0.717, 1.165) is 10.4 Å². The fraction of sp³-hybridized carbons (Fsp3) is 0.125. The number of thiocarbonyl (C=S) groups is 1. The minimum Gasteiger partial charge on any atom is -0.356 e. The van der Waals surface area contributed by atoms with E-state index in [-0.39, 0.29) is 11.9 Å². The lowest BCUT2D eigenvalue weighted by molar-refractivity contribution is -0.115. The molecule has 0 aliphatic carbocycles. The second-order valence-corrected chi connectivity index (χ2v) is 5.83. The van der Waals surface area contributed by atoms with Crippen LogP contribution in [-0.4, -0.2) is 11.0 Å². The molecule has 108 valence electrons. The molecule has 0 saturated heterocycles. The summed E-state index contributed by atoms with van der Waals surface area (Å²) in [4.78, 5) is 12.8. The molecule has 5 heteroatoms. The molecule has 2 aromatic rings. The molecule has 3 nitrogen and oxygen atoms in total. The molecule has 2 N–H and O–H groups in total. The second kappa shape index (κ2) is 7.71. The van der Waals surface area contributed by atoms with Crippen LogP contribution in [0.25, 0.3) is 6.08 Å². The Morgan fingerprint density at radius 1 is 1.24 bits per heavy atom. The Bertz CT molecular complexity index is 621. The van der Waals surface area contributed by atoms with Crippen LogP contribution < -0.4 is 10.6 Å². The second-order valence-electron chi connectivity index (χ2n) is 4.44. The first-order valence-corrected chi connectivity index (χ1v) is 7.82. The summed E-state index contributed by atoms with van der Waals surface area (Å²) < 4.78 is 0. The van der Waals surface area contributed by atoms with Crippen LogP contribution in [0.3, 0.4) is 0 Å². The van der Waals surface area contributed by atoms with Crippen LogP contribution in [0.5, 0.6) is 0 Å². The molecular weight excluding hydrogens is 300 g/mol. The van der Waals surface area contributed by atoms with E-state index >= 15 is 0 Å². The molecule has 0 aliphatic rings. The highest BCUT2D eigenvalue weighted by molar-refractivity contribution is 7.80. The van der Waals surface area contributed by atoms with Crippen molar-refractivity contribution in [3.8, 4) is 0 Å². The summed E-state index contributed by atoms with van der Waals surface area (Å²) in [5.41, 5.74) is 1.11. The van der Waals surface area contributed by atoms with Gasteiger partial charge < -0.3 is 5.32 Å². The lowest BCUT2D eigenvalue weighted by atomic mass is 10.1. The van der Waals surface area contributed by atoms with Gasteiger partial charge >= 0.3 is 0 Å². The van der Waals surface area contributed by atoms with Crippen molar-refractivity contribution in [3.63, 3.8) is 0 Å². The Kier molecular flexibility index (Phi) is 5.66.